The number of allylic oxidation sites excluding steroid dienone is 3. The van der Waals surface area contributed by atoms with Crippen LogP contribution in [0.15, 0.2) is 47.1 Å². The van der Waals surface area contributed by atoms with E-state index in [0.29, 0.717) is 69.0 Å². The Bertz CT molecular complexity index is 2760. The van der Waals surface area contributed by atoms with E-state index in [1.54, 1.807) is 61.7 Å². The minimum atomic E-state index is -1.75. The summed E-state index contributed by atoms with van der Waals surface area (Å²) in [5.41, 5.74) is 7.05. The van der Waals surface area contributed by atoms with Crippen LogP contribution >= 0.6 is 0 Å². The van der Waals surface area contributed by atoms with E-state index in [-0.39, 0.29) is 11.5 Å². The van der Waals surface area contributed by atoms with Crippen LogP contribution in [0.2, 0.25) is 0 Å². The van der Waals surface area contributed by atoms with Crippen LogP contribution in [0.5, 0.6) is 17.2 Å². The van der Waals surface area contributed by atoms with Crippen LogP contribution in [-0.2, 0) is 30.3 Å². The second-order valence-corrected chi connectivity index (χ2v) is 21.7. The SMILES string of the molecule is COc1c(N2CCN(Cc3c(C)cc(C)cc3C)CC2)c2nc3oc2c2c(OC(=O)C(C)(C)C)c(C)c4c(c12)C(O)[C@@](C)(O/C=C/[C@H](OC)[C@@H](C)[C@@H](OC(C)=O)[C@H](C)[C@H](O)[C@H](C)[C@@H](O)[C@@H](C)/C=C/C=C\3C)O4. The molecule has 392 valence electrons. The standard InChI is InChI=1S/C57H77N3O12/c1-29-26-32(4)39(33(5)27-29)28-59-21-23-60(24-22-59)45-44-51-42-41(52(45)67-16)43-50(37(9)49(42)71-55(65)56(11,12)13)72-57(14,53(43)64)68-25-20-40(66-15)34(6)48(69-38(10)61)36(8)47(63)35(7)46(62)30(2)18-17-19-31(3)54(58-44)70-51/h17-20,25-27,30,34-36,40,46-48,53,62-64H,21-24,28H2,1-16H3/b18-17+,25-20+,31-19-/t30-,34+,35+,36+,40-,46-,47+,48+,53?,57-/m0/s1. The topological polar surface area (TPSA) is 183 Å². The Labute approximate surface area is 424 Å². The Kier molecular flexibility index (Phi) is 16.0. The molecular weight excluding hydrogens is 919 g/mol. The van der Waals surface area contributed by atoms with Crippen molar-refractivity contribution >= 4 is 45.1 Å². The molecule has 0 spiro atoms. The highest BCUT2D eigenvalue weighted by atomic mass is 16.7. The molecule has 15 heteroatoms. The molecule has 0 saturated carbocycles. The third kappa shape index (κ3) is 10.4. The summed E-state index contributed by atoms with van der Waals surface area (Å²) < 4.78 is 44.8. The monoisotopic (exact) mass is 996 g/mol. The number of piperazine rings is 1. The third-order valence-corrected chi connectivity index (χ3v) is 15.1. The summed E-state index contributed by atoms with van der Waals surface area (Å²) in [5, 5.41) is 36.9. The summed E-state index contributed by atoms with van der Waals surface area (Å²) in [6.07, 6.45) is 3.49. The van der Waals surface area contributed by atoms with E-state index in [0.717, 1.165) is 19.6 Å². The molecule has 3 aliphatic rings. The van der Waals surface area contributed by atoms with E-state index in [1.165, 1.54) is 42.5 Å². The lowest BCUT2D eigenvalue weighted by Gasteiger charge is -2.38. The molecule has 1 unspecified atom stereocenters. The Morgan fingerprint density at radius 3 is 2.12 bits per heavy atom. The number of aliphatic hydroxyl groups excluding tert-OH is 3. The van der Waals surface area contributed by atoms with Crippen LogP contribution in [-0.4, -0.2) is 108 Å². The van der Waals surface area contributed by atoms with E-state index in [1.807, 2.05) is 39.0 Å². The third-order valence-electron chi connectivity index (χ3n) is 15.1. The van der Waals surface area contributed by atoms with Gasteiger partial charge in [0.25, 0.3) is 5.79 Å². The molecule has 3 aromatic carbocycles. The Morgan fingerprint density at radius 1 is 0.875 bits per heavy atom. The maximum absolute atomic E-state index is 14.0. The zero-order chi connectivity index (χ0) is 52.9. The molecule has 72 heavy (non-hydrogen) atoms. The number of anilines is 1. The maximum Gasteiger partial charge on any atom is 0.316 e. The summed E-state index contributed by atoms with van der Waals surface area (Å²) in [5.74, 6) is -3.91. The second-order valence-electron chi connectivity index (χ2n) is 21.7. The van der Waals surface area contributed by atoms with Gasteiger partial charge in [-0.05, 0) is 78.2 Å². The van der Waals surface area contributed by atoms with Crippen LogP contribution in [0.3, 0.4) is 0 Å². The van der Waals surface area contributed by atoms with Crippen LogP contribution in [0.4, 0.5) is 5.69 Å². The molecular formula is C57H77N3O12. The van der Waals surface area contributed by atoms with E-state index in [9.17, 15) is 24.9 Å². The fourth-order valence-corrected chi connectivity index (χ4v) is 10.7. The number of methoxy groups -OCH3 is 2. The number of aliphatic hydroxyl groups is 3. The van der Waals surface area contributed by atoms with Gasteiger partial charge in [-0.25, -0.2) is 4.98 Å². The van der Waals surface area contributed by atoms with Gasteiger partial charge in [0, 0.05) is 99.4 Å². The number of carbonyl (C=O) groups is 2. The zero-order valence-corrected chi connectivity index (χ0v) is 45.1. The van der Waals surface area contributed by atoms with E-state index >= 15 is 0 Å². The summed E-state index contributed by atoms with van der Waals surface area (Å²) in [7, 11) is 3.09. The lowest BCUT2D eigenvalue weighted by Crippen LogP contribution is -2.46. The van der Waals surface area contributed by atoms with Gasteiger partial charge < -0.3 is 53.1 Å². The molecule has 0 amide bonds. The highest BCUT2D eigenvalue weighted by Crippen LogP contribution is 2.59. The first-order valence-electron chi connectivity index (χ1n) is 25.2. The molecule has 4 heterocycles. The Balaban J connectivity index is 1.46. The van der Waals surface area contributed by atoms with Gasteiger partial charge in [0.1, 0.15) is 28.8 Å². The van der Waals surface area contributed by atoms with Gasteiger partial charge >= 0.3 is 11.9 Å². The lowest BCUT2D eigenvalue weighted by atomic mass is 9.78. The largest absolute Gasteiger partial charge is 0.494 e. The molecule has 1 aromatic heterocycles. The number of oxazole rings is 1. The highest BCUT2D eigenvalue weighted by molar-refractivity contribution is 6.19. The second kappa shape index (κ2) is 21.2. The van der Waals surface area contributed by atoms with Crippen LogP contribution in [0.1, 0.15) is 115 Å². The summed E-state index contributed by atoms with van der Waals surface area (Å²) in [4.78, 5) is 36.5. The van der Waals surface area contributed by atoms with Gasteiger partial charge in [0.2, 0.25) is 5.89 Å². The molecule has 7 rings (SSSR count). The van der Waals surface area contributed by atoms with Gasteiger partial charge in [0.15, 0.2) is 17.4 Å². The van der Waals surface area contributed by atoms with Crippen LogP contribution < -0.4 is 19.1 Å². The molecule has 15 nitrogen and oxygen atoms in total. The fraction of sp³-hybridized carbons (Fsp3) is 0.561. The summed E-state index contributed by atoms with van der Waals surface area (Å²) >= 11 is 0. The number of aryl methyl sites for hydroxylation is 3. The number of fused-ring (bicyclic) bond motifs is 2. The number of ether oxygens (including phenoxy) is 6. The molecule has 0 radical (unpaired) electrons. The molecule has 6 bridgehead atoms. The molecule has 3 N–H and O–H groups in total. The average Bonchev–Trinajstić information content (AvgIpc) is 3.88. The number of aromatic nitrogens is 1. The molecule has 0 aliphatic carbocycles. The molecule has 3 aliphatic heterocycles. The van der Waals surface area contributed by atoms with Crippen LogP contribution in [0.25, 0.3) is 27.4 Å². The van der Waals surface area contributed by atoms with Crippen molar-refractivity contribution in [1.29, 1.82) is 0 Å². The molecule has 10 atom stereocenters. The summed E-state index contributed by atoms with van der Waals surface area (Å²) in [6, 6.07) is 4.47. The predicted molar refractivity (Wildman–Crippen MR) is 278 cm³/mol. The van der Waals surface area contributed by atoms with E-state index in [4.69, 9.17) is 37.8 Å². The van der Waals surface area contributed by atoms with Crippen molar-refractivity contribution in [3.05, 3.63) is 82.0 Å². The van der Waals surface area contributed by atoms with Gasteiger partial charge in [-0.15, -0.1) is 0 Å². The first-order valence-corrected chi connectivity index (χ1v) is 25.2. The first kappa shape index (κ1) is 54.3. The predicted octanol–water partition coefficient (Wildman–Crippen LogP) is 9.36. The van der Waals surface area contributed by atoms with Crippen molar-refractivity contribution in [2.75, 3.05) is 45.3 Å². The van der Waals surface area contributed by atoms with Crippen molar-refractivity contribution in [2.45, 2.75) is 140 Å². The Morgan fingerprint density at radius 2 is 1.53 bits per heavy atom. The van der Waals surface area contributed by atoms with Crippen molar-refractivity contribution in [3.63, 3.8) is 0 Å². The van der Waals surface area contributed by atoms with Crippen molar-refractivity contribution < 1.29 is 57.7 Å². The van der Waals surface area contributed by atoms with E-state index < -0.39 is 77.3 Å². The van der Waals surface area contributed by atoms with Gasteiger partial charge in [0.05, 0.1) is 42.5 Å². The fourth-order valence-electron chi connectivity index (χ4n) is 10.7. The van der Waals surface area contributed by atoms with Gasteiger partial charge in [-0.2, -0.15) is 0 Å². The molecule has 1 fully saturated rings. The normalized spacial score (nSPS) is 29.3. The minimum absolute atomic E-state index is 0.163. The first-order chi connectivity index (χ1) is 33.8. The maximum atomic E-state index is 14.0. The average molecular weight is 996 g/mol. The zero-order valence-electron chi connectivity index (χ0n) is 45.1. The number of esters is 2. The molecule has 1 saturated heterocycles. The van der Waals surface area contributed by atoms with Crippen molar-refractivity contribution in [2.24, 2.45) is 29.1 Å². The number of carbonyl (C=O) groups excluding carboxylic acids is 2. The Hall–Kier alpha value is -5.45. The summed E-state index contributed by atoms with van der Waals surface area (Å²) in [6.45, 7) is 29.1. The number of hydrogen-bond donors (Lipinski definition) is 3. The van der Waals surface area contributed by atoms with Crippen molar-refractivity contribution in [3.8, 4) is 17.2 Å². The molecule has 4 aromatic rings. The van der Waals surface area contributed by atoms with Gasteiger partial charge in [-0.1, -0.05) is 63.6 Å². The van der Waals surface area contributed by atoms with Crippen LogP contribution in [0, 0.1) is 56.8 Å². The number of nitrogens with zero attached hydrogens (tertiary/aromatic N) is 3. The lowest BCUT2D eigenvalue weighted by molar-refractivity contribution is -0.181. The number of hydrogen-bond acceptors (Lipinski definition) is 15. The number of benzene rings is 3. The quantitative estimate of drug-likeness (QED) is 0.118. The van der Waals surface area contributed by atoms with E-state index in [2.05, 4.69) is 42.7 Å². The number of rotatable bonds is 7. The minimum Gasteiger partial charge on any atom is -0.494 e. The highest BCUT2D eigenvalue weighted by Gasteiger charge is 2.51. The smallest absolute Gasteiger partial charge is 0.316 e. The van der Waals surface area contributed by atoms with Gasteiger partial charge in [-0.3, -0.25) is 14.5 Å². The van der Waals surface area contributed by atoms with Crippen molar-refractivity contribution in [1.82, 2.24) is 9.88 Å².